The first-order valence-electron chi connectivity index (χ1n) is 8.64. The number of carbonyl (C=O) groups excluding carboxylic acids is 1. The summed E-state index contributed by atoms with van der Waals surface area (Å²) in [6.45, 7) is 6.59. The number of sulfonamides is 1. The lowest BCUT2D eigenvalue weighted by molar-refractivity contribution is 0.0951. The second-order valence-electron chi connectivity index (χ2n) is 6.23. The van der Waals surface area contributed by atoms with Crippen LogP contribution in [0.3, 0.4) is 0 Å². The summed E-state index contributed by atoms with van der Waals surface area (Å²) in [6, 6.07) is 9.96. The second-order valence-corrected chi connectivity index (χ2v) is 7.91. The number of amides is 1. The van der Waals surface area contributed by atoms with Crippen molar-refractivity contribution in [2.24, 2.45) is 0 Å². The molecule has 1 amide bonds. The topological polar surface area (TPSA) is 87.3 Å². The van der Waals surface area contributed by atoms with Gasteiger partial charge in [0.05, 0.1) is 16.1 Å². The van der Waals surface area contributed by atoms with E-state index in [0.29, 0.717) is 6.54 Å². The molecule has 2 aromatic carbocycles. The van der Waals surface area contributed by atoms with Gasteiger partial charge in [0.15, 0.2) is 0 Å². The van der Waals surface area contributed by atoms with Crippen LogP contribution in [-0.2, 0) is 10.0 Å². The molecule has 3 N–H and O–H groups in total. The summed E-state index contributed by atoms with van der Waals surface area (Å²) < 4.78 is 41.1. The van der Waals surface area contributed by atoms with Gasteiger partial charge in [-0.05, 0) is 56.3 Å². The van der Waals surface area contributed by atoms with Crippen LogP contribution in [-0.4, -0.2) is 33.5 Å². The largest absolute Gasteiger partial charge is 0.350 e. The monoisotopic (exact) mass is 429 g/mol. The molecule has 154 valence electrons. The number of halogens is 2. The van der Waals surface area contributed by atoms with Gasteiger partial charge in [-0.3, -0.25) is 9.52 Å². The quantitative estimate of drug-likeness (QED) is 0.601. The highest BCUT2D eigenvalue weighted by Gasteiger charge is 2.19. The molecule has 0 saturated heterocycles. The zero-order chi connectivity index (χ0) is 20.0. The fourth-order valence-electron chi connectivity index (χ4n) is 2.52. The number of hydrogen-bond donors (Lipinski definition) is 3. The molecule has 6 nitrogen and oxygen atoms in total. The highest BCUT2D eigenvalue weighted by atomic mass is 35.5. The van der Waals surface area contributed by atoms with E-state index in [4.69, 9.17) is 0 Å². The molecule has 0 aliphatic carbocycles. The van der Waals surface area contributed by atoms with Gasteiger partial charge in [0.2, 0.25) is 0 Å². The van der Waals surface area contributed by atoms with Gasteiger partial charge in [0, 0.05) is 12.6 Å². The Morgan fingerprint density at radius 2 is 1.86 bits per heavy atom. The highest BCUT2D eigenvalue weighted by Crippen LogP contribution is 2.21. The van der Waals surface area contributed by atoms with Crippen molar-refractivity contribution in [3.05, 3.63) is 59.4 Å². The second kappa shape index (κ2) is 10.4. The molecule has 0 aliphatic heterocycles. The van der Waals surface area contributed by atoms with Crippen molar-refractivity contribution in [3.8, 4) is 0 Å². The van der Waals surface area contributed by atoms with E-state index in [1.165, 1.54) is 25.1 Å². The van der Waals surface area contributed by atoms with Gasteiger partial charge in [-0.1, -0.05) is 19.1 Å². The van der Waals surface area contributed by atoms with Crippen molar-refractivity contribution in [2.75, 3.05) is 17.8 Å². The van der Waals surface area contributed by atoms with Crippen LogP contribution in [0.5, 0.6) is 0 Å². The Balaban J connectivity index is 0.00000392. The molecule has 2 rings (SSSR count). The van der Waals surface area contributed by atoms with Crippen molar-refractivity contribution in [1.29, 1.82) is 0 Å². The molecule has 0 radical (unpaired) electrons. The molecule has 0 aromatic heterocycles. The smallest absolute Gasteiger partial charge is 0.261 e. The van der Waals surface area contributed by atoms with Crippen LogP contribution in [0.2, 0.25) is 0 Å². The first kappa shape index (κ1) is 23.9. The maximum absolute atomic E-state index is 13.4. The highest BCUT2D eigenvalue weighted by molar-refractivity contribution is 7.92. The number of likely N-dealkylation sites (N-methyl/N-ethyl adjacent to an activating group) is 1. The third-order valence-corrected chi connectivity index (χ3v) is 5.34. The third kappa shape index (κ3) is 6.19. The number of para-hydroxylation sites is 1. The summed E-state index contributed by atoms with van der Waals surface area (Å²) in [6.07, 6.45) is 0. The van der Waals surface area contributed by atoms with E-state index in [1.807, 2.05) is 13.8 Å². The molecular weight excluding hydrogens is 405 g/mol. The first-order valence-corrected chi connectivity index (χ1v) is 10.1. The van der Waals surface area contributed by atoms with Crippen LogP contribution in [0.1, 0.15) is 29.8 Å². The van der Waals surface area contributed by atoms with Crippen LogP contribution in [0, 0.1) is 12.7 Å². The number of benzene rings is 2. The van der Waals surface area contributed by atoms with Crippen LogP contribution < -0.4 is 15.4 Å². The average Bonchev–Trinajstić information content (AvgIpc) is 2.62. The first-order chi connectivity index (χ1) is 12.7. The molecule has 0 fully saturated rings. The molecule has 1 atom stereocenters. The van der Waals surface area contributed by atoms with Gasteiger partial charge in [-0.2, -0.15) is 0 Å². The van der Waals surface area contributed by atoms with Gasteiger partial charge >= 0.3 is 0 Å². The van der Waals surface area contributed by atoms with Crippen LogP contribution >= 0.6 is 12.4 Å². The Labute approximate surface area is 171 Å². The number of rotatable bonds is 8. The van der Waals surface area contributed by atoms with Gasteiger partial charge in [0.25, 0.3) is 15.9 Å². The minimum Gasteiger partial charge on any atom is -0.350 e. The molecule has 0 aliphatic rings. The fraction of sp³-hybridized carbons (Fsp3) is 0.316. The molecule has 9 heteroatoms. The number of carbonyl (C=O) groups is 1. The van der Waals surface area contributed by atoms with E-state index in [2.05, 4.69) is 15.4 Å². The summed E-state index contributed by atoms with van der Waals surface area (Å²) in [5.74, 6) is -0.864. The normalized spacial score (nSPS) is 12.0. The van der Waals surface area contributed by atoms with Crippen molar-refractivity contribution >= 4 is 34.0 Å². The Bertz CT molecular complexity index is 922. The average molecular weight is 430 g/mol. The summed E-state index contributed by atoms with van der Waals surface area (Å²) in [5, 5.41) is 5.96. The Morgan fingerprint density at radius 3 is 2.50 bits per heavy atom. The van der Waals surface area contributed by atoms with E-state index >= 15 is 0 Å². The van der Waals surface area contributed by atoms with Gasteiger partial charge < -0.3 is 10.6 Å². The van der Waals surface area contributed by atoms with Crippen molar-refractivity contribution in [2.45, 2.75) is 31.7 Å². The molecule has 28 heavy (non-hydrogen) atoms. The molecule has 0 saturated carbocycles. The predicted octanol–water partition coefficient (Wildman–Crippen LogP) is 3.08. The maximum Gasteiger partial charge on any atom is 0.261 e. The maximum atomic E-state index is 13.4. The molecular formula is C19H25ClFN3O3S. The van der Waals surface area contributed by atoms with Crippen molar-refractivity contribution in [1.82, 2.24) is 10.6 Å². The van der Waals surface area contributed by atoms with Gasteiger partial charge in [-0.25, -0.2) is 12.8 Å². The number of hydrogen-bond acceptors (Lipinski definition) is 4. The van der Waals surface area contributed by atoms with E-state index in [9.17, 15) is 17.6 Å². The third-order valence-electron chi connectivity index (χ3n) is 3.98. The van der Waals surface area contributed by atoms with Gasteiger partial charge in [0.1, 0.15) is 5.82 Å². The Kier molecular flexibility index (Phi) is 8.87. The predicted molar refractivity (Wildman–Crippen MR) is 111 cm³/mol. The lowest BCUT2D eigenvalue weighted by atomic mass is 10.1. The molecule has 2 aromatic rings. The van der Waals surface area contributed by atoms with E-state index in [1.54, 1.807) is 18.2 Å². The van der Waals surface area contributed by atoms with Crippen LogP contribution in [0.25, 0.3) is 0 Å². The van der Waals surface area contributed by atoms with Crippen LogP contribution in [0.15, 0.2) is 47.4 Å². The van der Waals surface area contributed by atoms with Crippen molar-refractivity contribution in [3.63, 3.8) is 0 Å². The van der Waals surface area contributed by atoms with E-state index in [0.717, 1.165) is 12.6 Å². The number of anilines is 1. The summed E-state index contributed by atoms with van der Waals surface area (Å²) >= 11 is 0. The zero-order valence-electron chi connectivity index (χ0n) is 16.0. The zero-order valence-corrected chi connectivity index (χ0v) is 17.6. The number of nitrogens with one attached hydrogen (secondary N) is 3. The minimum absolute atomic E-state index is 0. The number of aryl methyl sites for hydroxylation is 1. The SMILES string of the molecule is CCN[C@H](C)CNC(=O)c1ccccc1NS(=O)(=O)c1ccc(F)c(C)c1.Cl. The summed E-state index contributed by atoms with van der Waals surface area (Å²) in [4.78, 5) is 12.4. The van der Waals surface area contributed by atoms with E-state index in [-0.39, 0.29) is 46.1 Å². The standard InChI is InChI=1S/C19H24FN3O3S.ClH/c1-4-21-14(3)12-22-19(24)16-7-5-6-8-18(16)23-27(25,26)15-9-10-17(20)13(2)11-15;/h5-11,14,21,23H,4,12H2,1-3H3,(H,22,24);1H/t14-;/m1./s1. The molecule has 0 heterocycles. The van der Waals surface area contributed by atoms with E-state index < -0.39 is 15.8 Å². The Hall–Kier alpha value is -2.16. The lowest BCUT2D eigenvalue weighted by Crippen LogP contribution is -2.39. The Morgan fingerprint density at radius 1 is 1.18 bits per heavy atom. The van der Waals surface area contributed by atoms with Crippen molar-refractivity contribution < 1.29 is 17.6 Å². The van der Waals surface area contributed by atoms with Crippen LogP contribution in [0.4, 0.5) is 10.1 Å². The molecule has 0 bridgehead atoms. The molecule has 0 spiro atoms. The summed E-state index contributed by atoms with van der Waals surface area (Å²) in [5.41, 5.74) is 0.595. The fourth-order valence-corrected chi connectivity index (χ4v) is 3.68. The summed E-state index contributed by atoms with van der Waals surface area (Å²) in [7, 11) is -3.96. The van der Waals surface area contributed by atoms with Gasteiger partial charge in [-0.15, -0.1) is 12.4 Å². The molecule has 0 unspecified atom stereocenters. The minimum atomic E-state index is -3.96. The lowest BCUT2D eigenvalue weighted by Gasteiger charge is -2.16.